The lowest BCUT2D eigenvalue weighted by Crippen LogP contribution is -1.99. The molecule has 5 heteroatoms. The molecule has 0 radical (unpaired) electrons. The van der Waals surface area contributed by atoms with Crippen LogP contribution in [0.1, 0.15) is 25.3 Å². The van der Waals surface area contributed by atoms with Crippen molar-refractivity contribution in [2.75, 3.05) is 13.2 Å². The molecule has 0 unspecified atom stereocenters. The lowest BCUT2D eigenvalue weighted by Gasteiger charge is -2.11. The van der Waals surface area contributed by atoms with Gasteiger partial charge in [-0.1, -0.05) is 41.6 Å². The largest absolute Gasteiger partial charge is 0.490 e. The molecule has 0 bridgehead atoms. The molecule has 0 amide bonds. The zero-order chi connectivity index (χ0) is 16.8. The third-order valence-corrected chi connectivity index (χ3v) is 3.46. The van der Waals surface area contributed by atoms with Gasteiger partial charge in [0.15, 0.2) is 11.5 Å². The van der Waals surface area contributed by atoms with E-state index in [0.29, 0.717) is 31.3 Å². The highest BCUT2D eigenvalue weighted by Gasteiger charge is 2.11. The maximum Gasteiger partial charge on any atom is 0.231 e. The average Bonchev–Trinajstić information content (AvgIpc) is 3.07. The van der Waals surface area contributed by atoms with E-state index in [-0.39, 0.29) is 0 Å². The lowest BCUT2D eigenvalue weighted by molar-refractivity contribution is 0.287. The molecule has 124 valence electrons. The number of ether oxygens (including phenoxy) is 2. The Bertz CT molecular complexity index is 784. The van der Waals surface area contributed by atoms with Gasteiger partial charge in [0.05, 0.1) is 19.6 Å². The van der Waals surface area contributed by atoms with Crippen molar-refractivity contribution in [3.8, 4) is 22.9 Å². The van der Waals surface area contributed by atoms with Crippen LogP contribution in [0.2, 0.25) is 0 Å². The summed E-state index contributed by atoms with van der Waals surface area (Å²) in [6, 6.07) is 15.6. The highest BCUT2D eigenvalue weighted by atomic mass is 16.5. The molecule has 0 spiro atoms. The van der Waals surface area contributed by atoms with Gasteiger partial charge < -0.3 is 14.0 Å². The van der Waals surface area contributed by atoms with Crippen molar-refractivity contribution in [1.29, 1.82) is 0 Å². The monoisotopic (exact) mass is 324 g/mol. The number of benzene rings is 2. The Morgan fingerprint density at radius 3 is 2.42 bits per heavy atom. The van der Waals surface area contributed by atoms with Crippen LogP contribution in [0.3, 0.4) is 0 Å². The van der Waals surface area contributed by atoms with Gasteiger partial charge in [-0.2, -0.15) is 4.98 Å². The summed E-state index contributed by atoms with van der Waals surface area (Å²) in [6.45, 7) is 5.09. The summed E-state index contributed by atoms with van der Waals surface area (Å²) in [5.74, 6) is 2.65. The highest BCUT2D eigenvalue weighted by molar-refractivity contribution is 5.53. The van der Waals surface area contributed by atoms with Gasteiger partial charge in [0.1, 0.15) is 0 Å². The van der Waals surface area contributed by atoms with Gasteiger partial charge in [-0.25, -0.2) is 0 Å². The smallest absolute Gasteiger partial charge is 0.231 e. The van der Waals surface area contributed by atoms with Crippen LogP contribution in [0.25, 0.3) is 11.4 Å². The molecule has 3 rings (SSSR count). The molecule has 2 aromatic carbocycles. The average molecular weight is 324 g/mol. The van der Waals surface area contributed by atoms with E-state index in [4.69, 9.17) is 14.0 Å². The molecule has 5 nitrogen and oxygen atoms in total. The van der Waals surface area contributed by atoms with Crippen LogP contribution < -0.4 is 9.47 Å². The number of hydrogen-bond donors (Lipinski definition) is 0. The number of nitrogens with zero attached hydrogens (tertiary/aromatic N) is 2. The van der Waals surface area contributed by atoms with E-state index in [2.05, 4.69) is 10.1 Å². The Hall–Kier alpha value is -2.82. The molecule has 0 aliphatic rings. The summed E-state index contributed by atoms with van der Waals surface area (Å²) in [7, 11) is 0. The fraction of sp³-hybridized carbons (Fsp3) is 0.263. The Kier molecular flexibility index (Phi) is 5.11. The van der Waals surface area contributed by atoms with E-state index in [9.17, 15) is 0 Å². The first-order valence-corrected chi connectivity index (χ1v) is 8.06. The van der Waals surface area contributed by atoms with Crippen molar-refractivity contribution in [1.82, 2.24) is 10.1 Å². The minimum absolute atomic E-state index is 0.548. The van der Waals surface area contributed by atoms with E-state index in [1.54, 1.807) is 0 Å². The topological polar surface area (TPSA) is 57.4 Å². The van der Waals surface area contributed by atoms with Crippen molar-refractivity contribution in [2.24, 2.45) is 0 Å². The highest BCUT2D eigenvalue weighted by Crippen LogP contribution is 2.29. The molecular weight excluding hydrogens is 304 g/mol. The van der Waals surface area contributed by atoms with Crippen LogP contribution in [-0.4, -0.2) is 23.4 Å². The molecule has 3 aromatic rings. The van der Waals surface area contributed by atoms with Crippen LogP contribution in [0.4, 0.5) is 0 Å². The van der Waals surface area contributed by atoms with Crippen molar-refractivity contribution in [3.63, 3.8) is 0 Å². The first-order valence-electron chi connectivity index (χ1n) is 8.06. The van der Waals surface area contributed by atoms with Crippen LogP contribution in [0.15, 0.2) is 53.1 Å². The second-order valence-corrected chi connectivity index (χ2v) is 5.20. The summed E-state index contributed by atoms with van der Waals surface area (Å²) in [4.78, 5) is 4.46. The normalized spacial score (nSPS) is 10.6. The second-order valence-electron chi connectivity index (χ2n) is 5.20. The third kappa shape index (κ3) is 3.74. The molecule has 1 aromatic heterocycles. The van der Waals surface area contributed by atoms with Gasteiger partial charge in [-0.15, -0.1) is 0 Å². The molecular formula is C19H20N2O3. The van der Waals surface area contributed by atoms with Crippen molar-refractivity contribution in [3.05, 3.63) is 60.0 Å². The summed E-state index contributed by atoms with van der Waals surface area (Å²) in [6.07, 6.45) is 0.548. The molecule has 0 aliphatic carbocycles. The Morgan fingerprint density at radius 1 is 0.917 bits per heavy atom. The molecule has 0 atom stereocenters. The minimum Gasteiger partial charge on any atom is -0.490 e. The predicted molar refractivity (Wildman–Crippen MR) is 91.3 cm³/mol. The van der Waals surface area contributed by atoms with Gasteiger partial charge in [0.25, 0.3) is 0 Å². The van der Waals surface area contributed by atoms with Crippen LogP contribution in [0, 0.1) is 0 Å². The Balaban J connectivity index is 1.79. The van der Waals surface area contributed by atoms with Crippen molar-refractivity contribution >= 4 is 0 Å². The molecule has 0 saturated heterocycles. The van der Waals surface area contributed by atoms with Crippen LogP contribution in [0.5, 0.6) is 11.5 Å². The molecule has 1 heterocycles. The van der Waals surface area contributed by atoms with Gasteiger partial charge in [0.2, 0.25) is 11.7 Å². The SMILES string of the molecule is CCOc1ccc(Cc2nc(-c3ccccc3)no2)cc1OCC. The van der Waals surface area contributed by atoms with Gasteiger partial charge in [-0.05, 0) is 31.5 Å². The van der Waals surface area contributed by atoms with Crippen LogP contribution in [-0.2, 0) is 6.42 Å². The van der Waals surface area contributed by atoms with E-state index in [1.807, 2.05) is 62.4 Å². The maximum absolute atomic E-state index is 5.65. The zero-order valence-corrected chi connectivity index (χ0v) is 13.9. The van der Waals surface area contributed by atoms with E-state index in [1.165, 1.54) is 0 Å². The van der Waals surface area contributed by atoms with Gasteiger partial charge >= 0.3 is 0 Å². The van der Waals surface area contributed by atoms with E-state index >= 15 is 0 Å². The first kappa shape index (κ1) is 16.1. The summed E-state index contributed by atoms with van der Waals surface area (Å²) in [5.41, 5.74) is 1.97. The fourth-order valence-corrected chi connectivity index (χ4v) is 2.41. The standard InChI is InChI=1S/C19H20N2O3/c1-3-22-16-11-10-14(12-17(16)23-4-2)13-18-20-19(21-24-18)15-8-6-5-7-9-15/h5-12H,3-4,13H2,1-2H3. The predicted octanol–water partition coefficient (Wildman–Crippen LogP) is 4.12. The Morgan fingerprint density at radius 2 is 1.67 bits per heavy atom. The first-order chi connectivity index (χ1) is 11.8. The minimum atomic E-state index is 0.548. The number of aromatic nitrogens is 2. The number of rotatable bonds is 7. The molecule has 0 fully saturated rings. The van der Waals surface area contributed by atoms with Crippen molar-refractivity contribution in [2.45, 2.75) is 20.3 Å². The van der Waals surface area contributed by atoms with Gasteiger partial charge in [-0.3, -0.25) is 0 Å². The summed E-state index contributed by atoms with van der Waals surface area (Å²) < 4.78 is 16.6. The van der Waals surface area contributed by atoms with Crippen molar-refractivity contribution < 1.29 is 14.0 Å². The van der Waals surface area contributed by atoms with E-state index < -0.39 is 0 Å². The molecule has 24 heavy (non-hydrogen) atoms. The maximum atomic E-state index is 5.65. The van der Waals surface area contributed by atoms with E-state index in [0.717, 1.165) is 22.6 Å². The lowest BCUT2D eigenvalue weighted by atomic mass is 10.1. The summed E-state index contributed by atoms with van der Waals surface area (Å²) >= 11 is 0. The second kappa shape index (κ2) is 7.64. The molecule has 0 aliphatic heterocycles. The fourth-order valence-electron chi connectivity index (χ4n) is 2.41. The molecule has 0 saturated carbocycles. The zero-order valence-electron chi connectivity index (χ0n) is 13.9. The molecule has 0 N–H and O–H groups in total. The van der Waals surface area contributed by atoms with Gasteiger partial charge in [0, 0.05) is 5.56 Å². The Labute approximate surface area is 141 Å². The number of hydrogen-bond acceptors (Lipinski definition) is 5. The quantitative estimate of drug-likeness (QED) is 0.654. The summed E-state index contributed by atoms with van der Waals surface area (Å²) in [5, 5.41) is 4.05. The van der Waals surface area contributed by atoms with Crippen LogP contribution >= 0.6 is 0 Å². The third-order valence-electron chi connectivity index (χ3n) is 3.46.